The van der Waals surface area contributed by atoms with E-state index >= 15 is 0 Å². The maximum Gasteiger partial charge on any atom is 0.302 e. The molecule has 0 saturated carbocycles. The Hall–Kier alpha value is -1.54. The molecular formula is C38H76O16. The molecule has 0 bridgehead atoms. The van der Waals surface area contributed by atoms with E-state index in [4.69, 9.17) is 66.3 Å². The van der Waals surface area contributed by atoms with Crippen LogP contribution in [0.4, 0.5) is 0 Å². The number of rotatable bonds is 38. The van der Waals surface area contributed by atoms with Crippen LogP contribution in [0.15, 0.2) is 0 Å². The van der Waals surface area contributed by atoms with E-state index in [1.54, 1.807) is 28.4 Å². The van der Waals surface area contributed by atoms with Gasteiger partial charge in [-0.25, -0.2) is 0 Å². The predicted octanol–water partition coefficient (Wildman–Crippen LogP) is 3.24. The van der Waals surface area contributed by atoms with E-state index in [-0.39, 0.29) is 38.0 Å². The predicted molar refractivity (Wildman–Crippen MR) is 202 cm³/mol. The van der Waals surface area contributed by atoms with Gasteiger partial charge in [-0.3, -0.25) is 9.59 Å². The van der Waals surface area contributed by atoms with Crippen molar-refractivity contribution in [3.63, 3.8) is 0 Å². The summed E-state index contributed by atoms with van der Waals surface area (Å²) in [6.07, 6.45) is 0.256. The highest BCUT2D eigenvalue weighted by molar-refractivity contribution is 5.66. The molecule has 0 amide bonds. The van der Waals surface area contributed by atoms with Crippen molar-refractivity contribution in [2.45, 2.75) is 66.3 Å². The first-order valence-corrected chi connectivity index (χ1v) is 19.0. The van der Waals surface area contributed by atoms with E-state index in [1.165, 1.54) is 20.3 Å². The Morgan fingerprint density at radius 3 is 1.06 bits per heavy atom. The van der Waals surface area contributed by atoms with E-state index in [0.29, 0.717) is 123 Å². The molecule has 0 aliphatic rings. The van der Waals surface area contributed by atoms with Crippen molar-refractivity contribution in [1.29, 1.82) is 0 Å². The van der Waals surface area contributed by atoms with Crippen molar-refractivity contribution in [3.8, 4) is 0 Å². The summed E-state index contributed by atoms with van der Waals surface area (Å²) in [7, 11) is 6.47. The van der Waals surface area contributed by atoms with Gasteiger partial charge in [-0.05, 0) is 17.8 Å². The van der Waals surface area contributed by atoms with Gasteiger partial charge in [0.2, 0.25) is 0 Å². The van der Waals surface area contributed by atoms with Gasteiger partial charge in [-0.2, -0.15) is 0 Å². The first-order valence-electron chi connectivity index (χ1n) is 19.0. The molecule has 0 aliphatic heterocycles. The Labute approximate surface area is 325 Å². The van der Waals surface area contributed by atoms with E-state index < -0.39 is 12.1 Å². The number of ether oxygens (including phenoxy) is 14. The molecule has 54 heavy (non-hydrogen) atoms. The molecule has 0 saturated heterocycles. The van der Waals surface area contributed by atoms with Crippen molar-refractivity contribution in [1.82, 2.24) is 0 Å². The molecule has 0 radical (unpaired) electrons. The topological polar surface area (TPSA) is 163 Å². The van der Waals surface area contributed by atoms with Gasteiger partial charge in [0.1, 0.15) is 24.9 Å². The smallest absolute Gasteiger partial charge is 0.302 e. The summed E-state index contributed by atoms with van der Waals surface area (Å²) in [6, 6.07) is 0. The minimum absolute atomic E-state index is 0.0700. The Balaban J connectivity index is 0. The fourth-order valence-corrected chi connectivity index (χ4v) is 4.32. The number of methoxy groups -OCH3 is 4. The molecule has 324 valence electrons. The molecule has 0 heterocycles. The number of carbonyl (C=O) groups excluding carboxylic acids is 2. The molecule has 0 aromatic rings. The number of esters is 2. The molecule has 6 unspecified atom stereocenters. The standard InChI is InChI=1S/C27H54O14.C11H22O2/c1-24(28)41-23-27(40-17-14-37-21-26(39-16-9-32-5)19-34-11-7-30-3)22-36-13-12-35-20-25(38-15-8-31-4)18-33-10-6-29-2;1-6-8(2)10(4)9(3)7-13-11(5)12/h25-27H,6-23H2,1-5H3;8-10H,6-7H2,1-5H3. The third-order valence-corrected chi connectivity index (χ3v) is 8.08. The monoisotopic (exact) mass is 789 g/mol. The Morgan fingerprint density at radius 1 is 0.407 bits per heavy atom. The Bertz CT molecular complexity index is 807. The summed E-state index contributed by atoms with van der Waals surface area (Å²) in [6.45, 7) is 19.0. The van der Waals surface area contributed by atoms with E-state index in [0.717, 1.165) is 0 Å². The van der Waals surface area contributed by atoms with E-state index in [9.17, 15) is 9.59 Å². The second-order valence-electron chi connectivity index (χ2n) is 12.7. The van der Waals surface area contributed by atoms with Crippen LogP contribution in [0.3, 0.4) is 0 Å². The van der Waals surface area contributed by atoms with E-state index in [1.807, 2.05) is 0 Å². The molecule has 0 aromatic heterocycles. The van der Waals surface area contributed by atoms with Gasteiger partial charge in [0.05, 0.1) is 119 Å². The quantitative estimate of drug-likeness (QED) is 0.0661. The lowest BCUT2D eigenvalue weighted by Crippen LogP contribution is -2.31. The number of carbonyl (C=O) groups is 2. The lowest BCUT2D eigenvalue weighted by atomic mass is 9.84. The summed E-state index contributed by atoms with van der Waals surface area (Å²) in [5.74, 6) is 1.20. The summed E-state index contributed by atoms with van der Waals surface area (Å²) in [4.78, 5) is 21.9. The lowest BCUT2D eigenvalue weighted by Gasteiger charge is -2.24. The highest BCUT2D eigenvalue weighted by Crippen LogP contribution is 2.23. The maximum absolute atomic E-state index is 11.3. The average molecular weight is 789 g/mol. The highest BCUT2D eigenvalue weighted by atomic mass is 16.6. The second kappa shape index (κ2) is 41.1. The molecule has 0 spiro atoms. The normalized spacial score (nSPS) is 14.7. The van der Waals surface area contributed by atoms with Gasteiger partial charge in [0.15, 0.2) is 0 Å². The molecule has 0 N–H and O–H groups in total. The van der Waals surface area contributed by atoms with Crippen LogP contribution in [-0.4, -0.2) is 184 Å². The molecule has 0 fully saturated rings. The molecule has 0 aromatic carbocycles. The van der Waals surface area contributed by atoms with Gasteiger partial charge in [-0.1, -0.05) is 34.1 Å². The zero-order chi connectivity index (χ0) is 40.7. The minimum atomic E-state index is -0.451. The van der Waals surface area contributed by atoms with Crippen LogP contribution in [-0.2, 0) is 75.9 Å². The molecule has 6 atom stereocenters. The second-order valence-corrected chi connectivity index (χ2v) is 12.7. The molecule has 16 heteroatoms. The van der Waals surface area contributed by atoms with Crippen LogP contribution in [0.2, 0.25) is 0 Å². The largest absolute Gasteiger partial charge is 0.466 e. The van der Waals surface area contributed by atoms with Crippen molar-refractivity contribution < 1.29 is 75.9 Å². The van der Waals surface area contributed by atoms with Crippen LogP contribution >= 0.6 is 0 Å². The van der Waals surface area contributed by atoms with Crippen molar-refractivity contribution in [2.24, 2.45) is 17.8 Å². The van der Waals surface area contributed by atoms with E-state index in [2.05, 4.69) is 27.7 Å². The van der Waals surface area contributed by atoms with Crippen molar-refractivity contribution in [3.05, 3.63) is 0 Å². The summed E-state index contributed by atoms with van der Waals surface area (Å²) in [5, 5.41) is 0. The fourth-order valence-electron chi connectivity index (χ4n) is 4.32. The lowest BCUT2D eigenvalue weighted by molar-refractivity contribution is -0.148. The highest BCUT2D eigenvalue weighted by Gasteiger charge is 2.19. The van der Waals surface area contributed by atoms with Crippen LogP contribution in [0.5, 0.6) is 0 Å². The Morgan fingerprint density at radius 2 is 0.704 bits per heavy atom. The van der Waals surface area contributed by atoms with Crippen LogP contribution in [0.1, 0.15) is 48.0 Å². The Kier molecular flexibility index (Phi) is 41.5. The van der Waals surface area contributed by atoms with Crippen LogP contribution < -0.4 is 0 Å². The van der Waals surface area contributed by atoms with Gasteiger partial charge >= 0.3 is 11.9 Å². The molecule has 0 aliphatic carbocycles. The first-order chi connectivity index (χ1) is 26.1. The first kappa shape index (κ1) is 54.6. The third-order valence-electron chi connectivity index (χ3n) is 8.08. The SMILES string of the molecule is CCC(C)C(C)C(C)COC(C)=O.COCCOCC(COCCOCC(COC(C)=O)OCCOCC(COCCOC)OCCOC)OCCOC. The number of hydrogen-bond donors (Lipinski definition) is 0. The zero-order valence-corrected chi connectivity index (χ0v) is 35.1. The van der Waals surface area contributed by atoms with Crippen molar-refractivity contribution >= 4 is 11.9 Å². The van der Waals surface area contributed by atoms with Gasteiger partial charge < -0.3 is 66.3 Å². The average Bonchev–Trinajstić information content (AvgIpc) is 3.16. The van der Waals surface area contributed by atoms with Crippen LogP contribution in [0.25, 0.3) is 0 Å². The van der Waals surface area contributed by atoms with Gasteiger partial charge in [0.25, 0.3) is 0 Å². The summed E-state index contributed by atoms with van der Waals surface area (Å²) < 4.78 is 75.6. The zero-order valence-electron chi connectivity index (χ0n) is 35.1. The minimum Gasteiger partial charge on any atom is -0.466 e. The third kappa shape index (κ3) is 37.4. The maximum atomic E-state index is 11.3. The van der Waals surface area contributed by atoms with Crippen LogP contribution in [0, 0.1) is 17.8 Å². The summed E-state index contributed by atoms with van der Waals surface area (Å²) in [5.41, 5.74) is 0. The number of hydrogen-bond acceptors (Lipinski definition) is 16. The molecule has 16 nitrogen and oxygen atoms in total. The summed E-state index contributed by atoms with van der Waals surface area (Å²) >= 11 is 0. The molecular weight excluding hydrogens is 712 g/mol. The molecule has 0 rings (SSSR count). The fraction of sp³-hybridized carbons (Fsp3) is 0.947. The van der Waals surface area contributed by atoms with Gasteiger partial charge in [-0.15, -0.1) is 0 Å². The van der Waals surface area contributed by atoms with Crippen molar-refractivity contribution in [2.75, 3.05) is 154 Å². The van der Waals surface area contributed by atoms with Gasteiger partial charge in [0, 0.05) is 42.3 Å².